The van der Waals surface area contributed by atoms with Crippen LogP contribution in [0.5, 0.6) is 0 Å². The quantitative estimate of drug-likeness (QED) is 0.358. The molecule has 2 rings (SSSR count). The minimum absolute atomic E-state index is 0.0764. The van der Waals surface area contributed by atoms with Crippen molar-refractivity contribution in [1.29, 1.82) is 0 Å². The van der Waals surface area contributed by atoms with Gasteiger partial charge < -0.3 is 15.7 Å². The lowest BCUT2D eigenvalue weighted by molar-refractivity contribution is -0.384. The van der Waals surface area contributed by atoms with Crippen molar-refractivity contribution < 1.29 is 4.92 Å². The highest BCUT2D eigenvalue weighted by Gasteiger charge is 2.15. The van der Waals surface area contributed by atoms with E-state index in [9.17, 15) is 14.9 Å². The zero-order valence-corrected chi connectivity index (χ0v) is 10.4. The molecular weight excluding hydrogens is 272 g/mol. The summed E-state index contributed by atoms with van der Waals surface area (Å²) in [5, 5.41) is 15.3. The maximum atomic E-state index is 11.0. The van der Waals surface area contributed by atoms with E-state index in [2.05, 4.69) is 20.7 Å². The summed E-state index contributed by atoms with van der Waals surface area (Å²) < 4.78 is 0. The van der Waals surface area contributed by atoms with Crippen LogP contribution in [0, 0.1) is 10.1 Å². The second-order valence-electron chi connectivity index (χ2n) is 3.49. The number of hydrogen-bond donors (Lipinski definition) is 4. The number of hydrazine groups is 1. The highest BCUT2D eigenvalue weighted by atomic mass is 32.1. The number of anilines is 2. The van der Waals surface area contributed by atoms with E-state index in [0.29, 0.717) is 11.5 Å². The van der Waals surface area contributed by atoms with Crippen LogP contribution >= 0.6 is 11.3 Å². The van der Waals surface area contributed by atoms with Crippen LogP contribution in [0.25, 0.3) is 0 Å². The van der Waals surface area contributed by atoms with Gasteiger partial charge in [-0.2, -0.15) is 0 Å². The molecule has 0 aliphatic heterocycles. The Kier molecular flexibility index (Phi) is 3.73. The molecule has 0 spiro atoms. The normalized spacial score (nSPS) is 10.2. The summed E-state index contributed by atoms with van der Waals surface area (Å²) in [5.74, 6) is 5.57. The van der Waals surface area contributed by atoms with E-state index in [1.807, 2.05) is 0 Å². The van der Waals surface area contributed by atoms with Gasteiger partial charge in [-0.3, -0.25) is 14.9 Å². The van der Waals surface area contributed by atoms with Gasteiger partial charge in [0.1, 0.15) is 5.82 Å². The molecule has 2 aromatic rings. The third-order valence-corrected chi connectivity index (χ3v) is 2.95. The van der Waals surface area contributed by atoms with Gasteiger partial charge in [-0.1, -0.05) is 11.3 Å². The highest BCUT2D eigenvalue weighted by molar-refractivity contribution is 7.07. The van der Waals surface area contributed by atoms with E-state index in [0.717, 1.165) is 11.3 Å². The molecule has 9 nitrogen and oxygen atoms in total. The Morgan fingerprint density at radius 3 is 2.89 bits per heavy atom. The van der Waals surface area contributed by atoms with E-state index in [4.69, 9.17) is 5.84 Å². The Balaban J connectivity index is 2.22. The molecule has 0 aliphatic rings. The first-order chi connectivity index (χ1) is 9.10. The Labute approximate surface area is 110 Å². The van der Waals surface area contributed by atoms with E-state index in [-0.39, 0.29) is 22.9 Å². The lowest BCUT2D eigenvalue weighted by Crippen LogP contribution is -2.11. The molecule has 19 heavy (non-hydrogen) atoms. The number of rotatable bonds is 5. The number of thiazole rings is 1. The van der Waals surface area contributed by atoms with Crippen molar-refractivity contribution in [2.24, 2.45) is 5.84 Å². The van der Waals surface area contributed by atoms with Gasteiger partial charge >= 0.3 is 10.6 Å². The lowest BCUT2D eigenvalue weighted by atomic mass is 10.3. The van der Waals surface area contributed by atoms with Crippen LogP contribution in [0.15, 0.2) is 22.3 Å². The van der Waals surface area contributed by atoms with Gasteiger partial charge in [-0.05, 0) is 6.07 Å². The van der Waals surface area contributed by atoms with Crippen LogP contribution in [0.4, 0.5) is 17.3 Å². The van der Waals surface area contributed by atoms with Crippen LogP contribution in [0.1, 0.15) is 5.69 Å². The number of hydrogen-bond acceptors (Lipinski definition) is 8. The monoisotopic (exact) mass is 282 g/mol. The van der Waals surface area contributed by atoms with Gasteiger partial charge in [0, 0.05) is 17.1 Å². The van der Waals surface area contributed by atoms with Crippen molar-refractivity contribution in [3.63, 3.8) is 0 Å². The number of aromatic nitrogens is 2. The number of nitrogens with two attached hydrogens (primary N) is 1. The summed E-state index contributed by atoms with van der Waals surface area (Å²) in [6.45, 7) is 0.223. The number of H-pyrrole nitrogens is 1. The van der Waals surface area contributed by atoms with Gasteiger partial charge in [0.2, 0.25) is 5.82 Å². The average Bonchev–Trinajstić information content (AvgIpc) is 2.81. The van der Waals surface area contributed by atoms with Crippen LogP contribution < -0.4 is 21.5 Å². The van der Waals surface area contributed by atoms with Crippen LogP contribution in [0.3, 0.4) is 0 Å². The van der Waals surface area contributed by atoms with Gasteiger partial charge in [0.15, 0.2) is 0 Å². The van der Waals surface area contributed by atoms with Gasteiger partial charge in [-0.15, -0.1) is 0 Å². The van der Waals surface area contributed by atoms with Crippen molar-refractivity contribution >= 4 is 28.7 Å². The first kappa shape index (κ1) is 13.0. The smallest absolute Gasteiger partial charge is 0.311 e. The number of nitrogens with one attached hydrogen (secondary N) is 3. The first-order valence-electron chi connectivity index (χ1n) is 5.13. The molecule has 2 aromatic heterocycles. The Morgan fingerprint density at radius 1 is 1.53 bits per heavy atom. The van der Waals surface area contributed by atoms with Crippen molar-refractivity contribution in [2.45, 2.75) is 6.54 Å². The zero-order valence-electron chi connectivity index (χ0n) is 9.54. The topological polar surface area (TPSA) is 139 Å². The molecule has 100 valence electrons. The maximum Gasteiger partial charge on any atom is 0.311 e. The number of nitro groups is 1. The zero-order chi connectivity index (χ0) is 13.8. The fourth-order valence-electron chi connectivity index (χ4n) is 1.39. The van der Waals surface area contributed by atoms with E-state index in [1.165, 1.54) is 12.1 Å². The van der Waals surface area contributed by atoms with Crippen molar-refractivity contribution in [1.82, 2.24) is 9.97 Å². The molecule has 10 heteroatoms. The largest absolute Gasteiger partial charge is 0.359 e. The molecule has 0 saturated heterocycles. The van der Waals surface area contributed by atoms with Gasteiger partial charge in [0.25, 0.3) is 0 Å². The van der Waals surface area contributed by atoms with Crippen molar-refractivity contribution in [3.05, 3.63) is 43.0 Å². The Morgan fingerprint density at radius 2 is 2.32 bits per heavy atom. The molecule has 2 heterocycles. The number of nitrogens with zero attached hydrogens (tertiary/aromatic N) is 2. The highest BCUT2D eigenvalue weighted by Crippen LogP contribution is 2.23. The average molecular weight is 282 g/mol. The van der Waals surface area contributed by atoms with E-state index < -0.39 is 4.92 Å². The van der Waals surface area contributed by atoms with Crippen molar-refractivity contribution in [2.75, 3.05) is 10.7 Å². The van der Waals surface area contributed by atoms with E-state index in [1.54, 1.807) is 5.38 Å². The Bertz CT molecular complexity index is 651. The summed E-state index contributed by atoms with van der Waals surface area (Å²) in [4.78, 5) is 27.6. The molecular formula is C9H10N6O3S. The predicted octanol–water partition coefficient (Wildman–Crippen LogP) is 0.637. The Hall–Kier alpha value is -2.46. The minimum atomic E-state index is -0.550. The summed E-state index contributed by atoms with van der Waals surface area (Å²) in [6, 6.07) is 2.69. The second kappa shape index (κ2) is 5.46. The minimum Gasteiger partial charge on any atom is -0.359 e. The standard InChI is InChI=1S/C9H10N6O3S/c10-14-7-2-1-6(15(17)18)8(13-7)11-3-5-4-19-9(16)12-5/h1-2,4H,3,10H2,(H,12,16)(H2,11,13,14). The van der Waals surface area contributed by atoms with Gasteiger partial charge in [0.05, 0.1) is 11.5 Å². The second-order valence-corrected chi connectivity index (χ2v) is 4.33. The fourth-order valence-corrected chi connectivity index (χ4v) is 1.97. The molecule has 0 bridgehead atoms. The fraction of sp³-hybridized carbons (Fsp3) is 0.111. The molecule has 0 aromatic carbocycles. The van der Waals surface area contributed by atoms with Crippen LogP contribution in [-0.4, -0.2) is 14.9 Å². The molecule has 0 unspecified atom stereocenters. The van der Waals surface area contributed by atoms with Crippen LogP contribution in [0.2, 0.25) is 0 Å². The lowest BCUT2D eigenvalue weighted by Gasteiger charge is -2.06. The SMILES string of the molecule is NNc1ccc([N+](=O)[O-])c(NCc2csc(=O)[nH]2)n1. The predicted molar refractivity (Wildman–Crippen MR) is 71.0 cm³/mol. The number of aromatic amines is 1. The molecule has 0 atom stereocenters. The third-order valence-electron chi connectivity index (χ3n) is 2.24. The molecule has 0 aliphatic carbocycles. The molecule has 0 fully saturated rings. The summed E-state index contributed by atoms with van der Waals surface area (Å²) in [7, 11) is 0. The number of pyridine rings is 1. The molecule has 0 radical (unpaired) electrons. The third kappa shape index (κ3) is 3.05. The first-order valence-corrected chi connectivity index (χ1v) is 6.00. The summed E-state index contributed by atoms with van der Waals surface area (Å²) in [5.41, 5.74) is 2.76. The van der Waals surface area contributed by atoms with E-state index >= 15 is 0 Å². The maximum absolute atomic E-state index is 11.0. The molecule has 5 N–H and O–H groups in total. The van der Waals surface area contributed by atoms with Crippen molar-refractivity contribution in [3.8, 4) is 0 Å². The molecule has 0 amide bonds. The summed E-state index contributed by atoms with van der Waals surface area (Å²) >= 11 is 1.02. The molecule has 0 saturated carbocycles. The number of nitrogen functional groups attached to an aromatic ring is 1. The van der Waals surface area contributed by atoms with Crippen LogP contribution in [-0.2, 0) is 6.54 Å². The summed E-state index contributed by atoms with van der Waals surface area (Å²) in [6.07, 6.45) is 0. The van der Waals surface area contributed by atoms with Gasteiger partial charge in [-0.25, -0.2) is 10.8 Å².